The van der Waals surface area contributed by atoms with E-state index >= 15 is 0 Å². The molecule has 0 unspecified atom stereocenters. The number of rotatable bonds is 5. The Morgan fingerprint density at radius 1 is 1.39 bits per heavy atom. The Kier molecular flexibility index (Phi) is 4.58. The average Bonchev–Trinajstić information content (AvgIpc) is 2.83. The third-order valence-electron chi connectivity index (χ3n) is 2.88. The van der Waals surface area contributed by atoms with Gasteiger partial charge in [0.05, 0.1) is 11.3 Å². The number of hydrogen-bond donors (Lipinski definition) is 2. The lowest BCUT2D eigenvalue weighted by atomic mass is 10.2. The summed E-state index contributed by atoms with van der Waals surface area (Å²) in [6.45, 7) is -1.38. The lowest BCUT2D eigenvalue weighted by Crippen LogP contribution is -2.16. The highest BCUT2D eigenvalue weighted by atomic mass is 19.3. The third-order valence-corrected chi connectivity index (χ3v) is 2.88. The van der Waals surface area contributed by atoms with Crippen LogP contribution in [0.3, 0.4) is 0 Å². The highest BCUT2D eigenvalue weighted by molar-refractivity contribution is 6.10. The van der Waals surface area contributed by atoms with E-state index in [-0.39, 0.29) is 17.0 Å². The van der Waals surface area contributed by atoms with Crippen molar-refractivity contribution in [3.8, 4) is 5.75 Å². The normalized spacial score (nSPS) is 10.7. The van der Waals surface area contributed by atoms with Gasteiger partial charge in [0.2, 0.25) is 0 Å². The van der Waals surface area contributed by atoms with Gasteiger partial charge in [0.1, 0.15) is 5.75 Å². The Labute approximate surface area is 129 Å². The molecule has 23 heavy (non-hydrogen) atoms. The van der Waals surface area contributed by atoms with Gasteiger partial charge in [0, 0.05) is 13.2 Å². The predicted octanol–water partition coefficient (Wildman–Crippen LogP) is 2.28. The summed E-state index contributed by atoms with van der Waals surface area (Å²) in [6, 6.07) is 4.32. The van der Waals surface area contributed by atoms with Crippen molar-refractivity contribution in [2.75, 3.05) is 5.32 Å². The second-order valence-electron chi connectivity index (χ2n) is 4.70. The highest BCUT2D eigenvalue weighted by Gasteiger charge is 2.22. The molecule has 0 aliphatic rings. The Bertz CT molecular complexity index is 758. The number of carbonyl (C=O) groups is 2. The van der Waals surface area contributed by atoms with Gasteiger partial charge in [-0.3, -0.25) is 9.48 Å². The van der Waals surface area contributed by atoms with E-state index < -0.39 is 24.2 Å². The quantitative estimate of drug-likeness (QED) is 0.879. The molecule has 0 aliphatic carbocycles. The fraction of sp³-hybridized carbons (Fsp3) is 0.214. The number of benzene rings is 1. The molecule has 122 valence electrons. The number of carboxylic acid groups (broad SMARTS) is 1. The number of ether oxygens (including phenoxy) is 1. The predicted molar refractivity (Wildman–Crippen MR) is 75.9 cm³/mol. The van der Waals surface area contributed by atoms with Gasteiger partial charge in [0.15, 0.2) is 5.69 Å². The molecule has 0 saturated heterocycles. The minimum Gasteiger partial charge on any atom is -0.476 e. The molecule has 0 saturated carbocycles. The summed E-state index contributed by atoms with van der Waals surface area (Å²) in [7, 11) is 1.46. The van der Waals surface area contributed by atoms with Gasteiger partial charge in [-0.05, 0) is 24.6 Å². The second-order valence-corrected chi connectivity index (χ2v) is 4.70. The summed E-state index contributed by atoms with van der Waals surface area (Å²) in [5.74, 6) is -2.38. The van der Waals surface area contributed by atoms with E-state index in [1.54, 1.807) is 13.0 Å². The van der Waals surface area contributed by atoms with E-state index in [0.717, 1.165) is 0 Å². The molecule has 0 atom stereocenters. The SMILES string of the molecule is Cc1ccc(NC(=O)c2cn(C)nc2C(=O)O)c(OC(F)F)c1. The second kappa shape index (κ2) is 6.42. The monoisotopic (exact) mass is 325 g/mol. The Hall–Kier alpha value is -2.97. The number of carbonyl (C=O) groups excluding carboxylic acids is 1. The molecule has 1 heterocycles. The van der Waals surface area contributed by atoms with Crippen LogP contribution in [0.2, 0.25) is 0 Å². The van der Waals surface area contributed by atoms with Crippen LogP contribution >= 0.6 is 0 Å². The maximum atomic E-state index is 12.4. The lowest BCUT2D eigenvalue weighted by Gasteiger charge is -2.12. The number of alkyl halides is 2. The summed E-state index contributed by atoms with van der Waals surface area (Å²) in [6.07, 6.45) is 1.22. The Morgan fingerprint density at radius 3 is 2.70 bits per heavy atom. The van der Waals surface area contributed by atoms with E-state index in [9.17, 15) is 18.4 Å². The van der Waals surface area contributed by atoms with E-state index in [0.29, 0.717) is 5.56 Å². The number of nitrogens with zero attached hydrogens (tertiary/aromatic N) is 2. The number of halogens is 2. The van der Waals surface area contributed by atoms with Crippen molar-refractivity contribution in [3.05, 3.63) is 41.2 Å². The number of aryl methyl sites for hydroxylation is 2. The van der Waals surface area contributed by atoms with Crippen molar-refractivity contribution in [3.63, 3.8) is 0 Å². The molecule has 1 amide bonds. The molecule has 0 radical (unpaired) electrons. The van der Waals surface area contributed by atoms with Crippen LogP contribution < -0.4 is 10.1 Å². The van der Waals surface area contributed by atoms with Gasteiger partial charge < -0.3 is 15.2 Å². The van der Waals surface area contributed by atoms with Crippen LogP contribution in [0.25, 0.3) is 0 Å². The Morgan fingerprint density at radius 2 is 2.09 bits per heavy atom. The van der Waals surface area contributed by atoms with Crippen LogP contribution in [-0.2, 0) is 7.05 Å². The van der Waals surface area contributed by atoms with Crippen LogP contribution in [-0.4, -0.2) is 33.4 Å². The van der Waals surface area contributed by atoms with Gasteiger partial charge >= 0.3 is 12.6 Å². The lowest BCUT2D eigenvalue weighted by molar-refractivity contribution is -0.0494. The van der Waals surface area contributed by atoms with Crippen molar-refractivity contribution in [2.24, 2.45) is 7.05 Å². The van der Waals surface area contributed by atoms with Crippen molar-refractivity contribution < 1.29 is 28.2 Å². The van der Waals surface area contributed by atoms with Gasteiger partial charge in [-0.2, -0.15) is 13.9 Å². The molecule has 0 aliphatic heterocycles. The zero-order valence-electron chi connectivity index (χ0n) is 12.2. The Balaban J connectivity index is 2.32. The minimum atomic E-state index is -3.06. The fourth-order valence-corrected chi connectivity index (χ4v) is 1.93. The van der Waals surface area contributed by atoms with Crippen LogP contribution in [0.4, 0.5) is 14.5 Å². The van der Waals surface area contributed by atoms with E-state index in [1.165, 1.54) is 30.1 Å². The standard InChI is InChI=1S/C14H13F2N3O4/c1-7-3-4-9(10(5-7)23-14(15)16)17-12(20)8-6-19(2)18-11(8)13(21)22/h3-6,14H,1-2H3,(H,17,20)(H,21,22). The summed E-state index contributed by atoms with van der Waals surface area (Å²) in [5.41, 5.74) is 0.0318. The van der Waals surface area contributed by atoms with Crippen molar-refractivity contribution in [1.82, 2.24) is 9.78 Å². The van der Waals surface area contributed by atoms with Crippen LogP contribution in [0.15, 0.2) is 24.4 Å². The van der Waals surface area contributed by atoms with Gasteiger partial charge in [-0.25, -0.2) is 4.79 Å². The smallest absolute Gasteiger partial charge is 0.387 e. The molecule has 2 aromatic rings. The molecular formula is C14H13F2N3O4. The number of amides is 1. The minimum absolute atomic E-state index is 0.00101. The molecule has 2 rings (SSSR count). The van der Waals surface area contributed by atoms with E-state index in [4.69, 9.17) is 5.11 Å². The van der Waals surface area contributed by atoms with E-state index in [2.05, 4.69) is 15.2 Å². The molecular weight excluding hydrogens is 312 g/mol. The van der Waals surface area contributed by atoms with Crippen LogP contribution in [0.1, 0.15) is 26.4 Å². The number of aromatic nitrogens is 2. The first-order chi connectivity index (χ1) is 10.8. The fourth-order valence-electron chi connectivity index (χ4n) is 1.93. The number of carboxylic acids is 1. The van der Waals surface area contributed by atoms with Crippen molar-refractivity contribution in [1.29, 1.82) is 0 Å². The molecule has 9 heteroatoms. The molecule has 1 aromatic carbocycles. The molecule has 1 aromatic heterocycles. The van der Waals surface area contributed by atoms with Gasteiger partial charge in [0.25, 0.3) is 5.91 Å². The summed E-state index contributed by atoms with van der Waals surface area (Å²) < 4.78 is 30.4. The summed E-state index contributed by atoms with van der Waals surface area (Å²) >= 11 is 0. The number of nitrogens with one attached hydrogen (secondary N) is 1. The first kappa shape index (κ1) is 16.4. The zero-order valence-corrected chi connectivity index (χ0v) is 12.2. The van der Waals surface area contributed by atoms with Crippen LogP contribution in [0.5, 0.6) is 5.75 Å². The van der Waals surface area contributed by atoms with Gasteiger partial charge in [-0.1, -0.05) is 6.07 Å². The first-order valence-corrected chi connectivity index (χ1v) is 6.41. The first-order valence-electron chi connectivity index (χ1n) is 6.41. The van der Waals surface area contributed by atoms with Crippen molar-refractivity contribution in [2.45, 2.75) is 13.5 Å². The van der Waals surface area contributed by atoms with Gasteiger partial charge in [-0.15, -0.1) is 0 Å². The number of hydrogen-bond acceptors (Lipinski definition) is 4. The molecule has 7 nitrogen and oxygen atoms in total. The van der Waals surface area contributed by atoms with Crippen molar-refractivity contribution >= 4 is 17.6 Å². The number of aromatic carboxylic acids is 1. The third kappa shape index (κ3) is 3.82. The van der Waals surface area contributed by atoms with E-state index in [1.807, 2.05) is 0 Å². The highest BCUT2D eigenvalue weighted by Crippen LogP contribution is 2.28. The average molecular weight is 325 g/mol. The number of anilines is 1. The van der Waals surface area contributed by atoms with Crippen LogP contribution in [0, 0.1) is 6.92 Å². The molecule has 0 bridgehead atoms. The largest absolute Gasteiger partial charge is 0.476 e. The summed E-state index contributed by atoms with van der Waals surface area (Å²) in [4.78, 5) is 23.3. The zero-order chi connectivity index (χ0) is 17.1. The molecule has 0 fully saturated rings. The molecule has 0 spiro atoms. The molecule has 2 N–H and O–H groups in total. The maximum Gasteiger partial charge on any atom is 0.387 e. The summed E-state index contributed by atoms with van der Waals surface area (Å²) in [5, 5.41) is 15.0. The maximum absolute atomic E-state index is 12.4. The topological polar surface area (TPSA) is 93.5 Å².